The van der Waals surface area contributed by atoms with Crippen molar-refractivity contribution in [2.75, 3.05) is 7.11 Å². The number of fused-ring (bicyclic) bond motifs is 1. The van der Waals surface area contributed by atoms with Crippen LogP contribution in [0.25, 0.3) is 10.9 Å². The van der Waals surface area contributed by atoms with E-state index in [9.17, 15) is 4.79 Å². The van der Waals surface area contributed by atoms with E-state index in [1.165, 1.54) is 5.39 Å². The van der Waals surface area contributed by atoms with E-state index in [2.05, 4.69) is 24.9 Å². The number of aromatic nitrogens is 1. The molecule has 1 aromatic heterocycles. The number of aromatic amines is 1. The Hall–Kier alpha value is -1.61. The fraction of sp³-hybridized carbons (Fsp3) is 0.438. The first kappa shape index (κ1) is 13.8. The molecule has 1 heterocycles. The third-order valence-corrected chi connectivity index (χ3v) is 3.33. The second kappa shape index (κ2) is 6.02. The summed E-state index contributed by atoms with van der Waals surface area (Å²) in [5.41, 5.74) is 2.24. The average molecular weight is 259 g/mol. The highest BCUT2D eigenvalue weighted by Gasteiger charge is 2.20. The molecule has 19 heavy (non-hydrogen) atoms. The van der Waals surface area contributed by atoms with Crippen molar-refractivity contribution in [1.82, 2.24) is 4.98 Å². The van der Waals surface area contributed by atoms with Crippen LogP contribution in [0.1, 0.15) is 25.8 Å². The quantitative estimate of drug-likeness (QED) is 0.864. The molecule has 3 heteroatoms. The van der Waals surface area contributed by atoms with Gasteiger partial charge in [0.25, 0.3) is 0 Å². The highest BCUT2D eigenvalue weighted by molar-refractivity contribution is 5.86. The molecule has 0 amide bonds. The molecule has 1 N–H and O–H groups in total. The number of ketones is 1. The number of nitrogens with one attached hydrogen (secondary N) is 1. The van der Waals surface area contributed by atoms with E-state index in [4.69, 9.17) is 4.74 Å². The first-order chi connectivity index (χ1) is 9.11. The summed E-state index contributed by atoms with van der Waals surface area (Å²) in [6, 6.07) is 8.12. The van der Waals surface area contributed by atoms with Crippen molar-refractivity contribution in [2.45, 2.75) is 32.8 Å². The van der Waals surface area contributed by atoms with Gasteiger partial charge in [0.2, 0.25) is 0 Å². The minimum absolute atomic E-state index is 0.183. The van der Waals surface area contributed by atoms with Crippen LogP contribution in [-0.4, -0.2) is 24.0 Å². The van der Waals surface area contributed by atoms with Gasteiger partial charge in [-0.3, -0.25) is 4.79 Å². The van der Waals surface area contributed by atoms with Gasteiger partial charge in [0.15, 0.2) is 5.78 Å². The number of methoxy groups -OCH3 is 1. The Bertz CT molecular complexity index is 557. The Morgan fingerprint density at radius 2 is 2.05 bits per heavy atom. The van der Waals surface area contributed by atoms with Crippen LogP contribution < -0.4 is 0 Å². The molecule has 0 fully saturated rings. The molecule has 0 saturated carbocycles. The van der Waals surface area contributed by atoms with Gasteiger partial charge in [-0.05, 0) is 17.5 Å². The lowest BCUT2D eigenvalue weighted by Crippen LogP contribution is -2.26. The van der Waals surface area contributed by atoms with E-state index in [1.54, 1.807) is 7.11 Å². The van der Waals surface area contributed by atoms with Gasteiger partial charge in [-0.25, -0.2) is 0 Å². The average Bonchev–Trinajstić information content (AvgIpc) is 2.78. The van der Waals surface area contributed by atoms with E-state index in [-0.39, 0.29) is 11.9 Å². The lowest BCUT2D eigenvalue weighted by molar-refractivity contribution is -0.129. The number of hydrogen-bond donors (Lipinski definition) is 1. The number of hydrogen-bond acceptors (Lipinski definition) is 2. The zero-order valence-electron chi connectivity index (χ0n) is 11.8. The number of ether oxygens (including phenoxy) is 1. The number of benzene rings is 1. The maximum Gasteiger partial charge on any atom is 0.162 e. The molecule has 1 atom stereocenters. The van der Waals surface area contributed by atoms with Crippen LogP contribution in [0.15, 0.2) is 30.5 Å². The van der Waals surface area contributed by atoms with Crippen molar-refractivity contribution in [3.63, 3.8) is 0 Å². The summed E-state index contributed by atoms with van der Waals surface area (Å²) in [7, 11) is 1.61. The number of rotatable bonds is 6. The third kappa shape index (κ3) is 3.24. The van der Waals surface area contributed by atoms with Crippen molar-refractivity contribution < 1.29 is 9.53 Å². The molecule has 0 aliphatic heterocycles. The van der Waals surface area contributed by atoms with Crippen LogP contribution in [0.3, 0.4) is 0 Å². The van der Waals surface area contributed by atoms with E-state index < -0.39 is 0 Å². The fourth-order valence-corrected chi connectivity index (χ4v) is 2.36. The zero-order chi connectivity index (χ0) is 13.8. The summed E-state index contributed by atoms with van der Waals surface area (Å²) in [5, 5.41) is 1.17. The predicted molar refractivity (Wildman–Crippen MR) is 77.3 cm³/mol. The largest absolute Gasteiger partial charge is 0.373 e. The summed E-state index contributed by atoms with van der Waals surface area (Å²) in [6.07, 6.45) is 2.83. The maximum absolute atomic E-state index is 12.1. The molecule has 102 valence electrons. The highest BCUT2D eigenvalue weighted by atomic mass is 16.5. The van der Waals surface area contributed by atoms with Crippen molar-refractivity contribution >= 4 is 16.7 Å². The molecule has 0 saturated heterocycles. The molecule has 2 rings (SSSR count). The van der Waals surface area contributed by atoms with Crippen molar-refractivity contribution in [1.29, 1.82) is 0 Å². The Balaban J connectivity index is 2.16. The molecule has 1 aromatic carbocycles. The van der Waals surface area contributed by atoms with Gasteiger partial charge in [-0.15, -0.1) is 0 Å². The van der Waals surface area contributed by atoms with Gasteiger partial charge >= 0.3 is 0 Å². The lowest BCUT2D eigenvalue weighted by atomic mass is 9.98. The topological polar surface area (TPSA) is 42.1 Å². The number of carbonyl (C=O) groups is 1. The molecule has 3 nitrogen and oxygen atoms in total. The lowest BCUT2D eigenvalue weighted by Gasteiger charge is -2.15. The summed E-state index contributed by atoms with van der Waals surface area (Å²) in [6.45, 7) is 4.10. The predicted octanol–water partition coefficient (Wildman–Crippen LogP) is 3.34. The van der Waals surface area contributed by atoms with Crippen LogP contribution in [0.4, 0.5) is 0 Å². The van der Waals surface area contributed by atoms with E-state index >= 15 is 0 Å². The molecule has 0 radical (unpaired) electrons. The molecule has 0 aliphatic carbocycles. The fourth-order valence-electron chi connectivity index (χ4n) is 2.36. The van der Waals surface area contributed by atoms with Crippen LogP contribution in [0.2, 0.25) is 0 Å². The molecule has 0 aliphatic rings. The molecule has 1 unspecified atom stereocenters. The minimum atomic E-state index is -0.346. The van der Waals surface area contributed by atoms with Crippen LogP contribution >= 0.6 is 0 Å². The van der Waals surface area contributed by atoms with Crippen LogP contribution in [-0.2, 0) is 16.0 Å². The van der Waals surface area contributed by atoms with Gasteiger partial charge < -0.3 is 9.72 Å². The second-order valence-corrected chi connectivity index (χ2v) is 5.35. The number of H-pyrrole nitrogens is 1. The van der Waals surface area contributed by atoms with Crippen molar-refractivity contribution in [2.24, 2.45) is 5.92 Å². The molecule has 2 aromatic rings. The normalized spacial score (nSPS) is 13.1. The number of carbonyl (C=O) groups excluding carboxylic acids is 1. The molecular weight excluding hydrogens is 238 g/mol. The van der Waals surface area contributed by atoms with Gasteiger partial charge in [-0.2, -0.15) is 0 Å². The van der Waals surface area contributed by atoms with Gasteiger partial charge in [0.1, 0.15) is 6.10 Å². The Morgan fingerprint density at radius 3 is 2.74 bits per heavy atom. The number of para-hydroxylation sites is 1. The smallest absolute Gasteiger partial charge is 0.162 e. The SMILES string of the molecule is COC(Cc1c[nH]c2ccccc12)C(=O)CC(C)C. The highest BCUT2D eigenvalue weighted by Crippen LogP contribution is 2.20. The Kier molecular flexibility index (Phi) is 4.38. The van der Waals surface area contributed by atoms with Gasteiger partial charge in [-0.1, -0.05) is 32.0 Å². The molecular formula is C16H21NO2. The summed E-state index contributed by atoms with van der Waals surface area (Å²) in [4.78, 5) is 15.3. The standard InChI is InChI=1S/C16H21NO2/c1-11(2)8-15(18)16(19-3)9-12-10-17-14-7-5-4-6-13(12)14/h4-7,10-11,16-17H,8-9H2,1-3H3. The van der Waals surface area contributed by atoms with Crippen molar-refractivity contribution in [3.8, 4) is 0 Å². The summed E-state index contributed by atoms with van der Waals surface area (Å²) < 4.78 is 5.37. The van der Waals surface area contributed by atoms with Crippen LogP contribution in [0.5, 0.6) is 0 Å². The Morgan fingerprint density at radius 1 is 1.32 bits per heavy atom. The van der Waals surface area contributed by atoms with Crippen molar-refractivity contribution in [3.05, 3.63) is 36.0 Å². The monoisotopic (exact) mass is 259 g/mol. The molecule has 0 bridgehead atoms. The van der Waals surface area contributed by atoms with E-state index in [0.29, 0.717) is 18.8 Å². The first-order valence-electron chi connectivity index (χ1n) is 6.72. The maximum atomic E-state index is 12.1. The van der Waals surface area contributed by atoms with Crippen LogP contribution in [0, 0.1) is 5.92 Å². The second-order valence-electron chi connectivity index (χ2n) is 5.35. The zero-order valence-corrected chi connectivity index (χ0v) is 11.8. The minimum Gasteiger partial charge on any atom is -0.373 e. The summed E-state index contributed by atoms with van der Waals surface area (Å²) >= 11 is 0. The number of Topliss-reactive ketones (excluding diaryl/α,β-unsaturated/α-hetero) is 1. The van der Waals surface area contributed by atoms with E-state index in [0.717, 1.165) is 11.1 Å². The first-order valence-corrected chi connectivity index (χ1v) is 6.72. The van der Waals surface area contributed by atoms with Gasteiger partial charge in [0, 0.05) is 37.1 Å². The van der Waals surface area contributed by atoms with Gasteiger partial charge in [0.05, 0.1) is 0 Å². The summed E-state index contributed by atoms with van der Waals surface area (Å²) in [5.74, 6) is 0.552. The Labute approximate surface area is 114 Å². The third-order valence-electron chi connectivity index (χ3n) is 3.33. The molecule has 0 spiro atoms. The van der Waals surface area contributed by atoms with E-state index in [1.807, 2.05) is 24.4 Å².